The maximum Gasteiger partial charge on any atom is 0.0924 e. The molecular formula is C11H21BrN+. The SMILES string of the molecule is C[N@+]12CCCC[C@@H]1[C@H](CBr)CCC2. The monoisotopic (exact) mass is 246 g/mol. The topological polar surface area (TPSA) is 0 Å². The molecule has 0 saturated carbocycles. The molecule has 0 spiro atoms. The van der Waals surface area contributed by atoms with Crippen molar-refractivity contribution < 1.29 is 4.48 Å². The predicted molar refractivity (Wildman–Crippen MR) is 60.1 cm³/mol. The van der Waals surface area contributed by atoms with Crippen LogP contribution in [-0.2, 0) is 0 Å². The fourth-order valence-electron chi connectivity index (χ4n) is 3.41. The fraction of sp³-hybridized carbons (Fsp3) is 1.00. The second-order valence-electron chi connectivity index (χ2n) is 5.05. The number of halogens is 1. The fourth-order valence-corrected chi connectivity index (χ4v) is 4.17. The van der Waals surface area contributed by atoms with E-state index in [1.807, 2.05) is 0 Å². The van der Waals surface area contributed by atoms with E-state index in [1.165, 1.54) is 55.0 Å². The number of fused-ring (bicyclic) bond motifs is 1. The largest absolute Gasteiger partial charge is 0.323 e. The molecule has 0 aliphatic carbocycles. The van der Waals surface area contributed by atoms with Gasteiger partial charge in [-0.2, -0.15) is 0 Å². The molecule has 13 heavy (non-hydrogen) atoms. The zero-order valence-corrected chi connectivity index (χ0v) is 10.2. The van der Waals surface area contributed by atoms with Crippen LogP contribution >= 0.6 is 15.9 Å². The highest BCUT2D eigenvalue weighted by atomic mass is 79.9. The van der Waals surface area contributed by atoms with Crippen LogP contribution in [0.15, 0.2) is 0 Å². The quantitative estimate of drug-likeness (QED) is 0.493. The molecule has 0 aromatic rings. The molecule has 0 N–H and O–H groups in total. The van der Waals surface area contributed by atoms with Crippen molar-refractivity contribution in [2.75, 3.05) is 25.5 Å². The van der Waals surface area contributed by atoms with E-state index in [0.717, 1.165) is 12.0 Å². The lowest BCUT2D eigenvalue weighted by Crippen LogP contribution is -2.61. The summed E-state index contributed by atoms with van der Waals surface area (Å²) in [5.41, 5.74) is 0. The van der Waals surface area contributed by atoms with Gasteiger partial charge in [-0.05, 0) is 32.1 Å². The molecule has 2 aliphatic rings. The lowest BCUT2D eigenvalue weighted by Gasteiger charge is -2.51. The summed E-state index contributed by atoms with van der Waals surface area (Å²) in [5, 5.41) is 1.23. The van der Waals surface area contributed by atoms with Gasteiger partial charge in [-0.3, -0.25) is 0 Å². The van der Waals surface area contributed by atoms with Gasteiger partial charge in [0.2, 0.25) is 0 Å². The van der Waals surface area contributed by atoms with Crippen molar-refractivity contribution in [3.63, 3.8) is 0 Å². The van der Waals surface area contributed by atoms with Gasteiger partial charge >= 0.3 is 0 Å². The molecule has 2 heteroatoms. The van der Waals surface area contributed by atoms with Crippen LogP contribution in [0.3, 0.4) is 0 Å². The van der Waals surface area contributed by atoms with Gasteiger partial charge in [0.25, 0.3) is 0 Å². The Morgan fingerprint density at radius 2 is 1.92 bits per heavy atom. The number of hydrogen-bond acceptors (Lipinski definition) is 0. The van der Waals surface area contributed by atoms with Crippen molar-refractivity contribution >= 4 is 15.9 Å². The number of alkyl halides is 1. The minimum absolute atomic E-state index is 0.957. The number of hydrogen-bond donors (Lipinski definition) is 0. The number of piperidine rings is 2. The highest BCUT2D eigenvalue weighted by molar-refractivity contribution is 9.09. The minimum Gasteiger partial charge on any atom is -0.323 e. The summed E-state index contributed by atoms with van der Waals surface area (Å²) < 4.78 is 1.39. The van der Waals surface area contributed by atoms with E-state index >= 15 is 0 Å². The van der Waals surface area contributed by atoms with Crippen LogP contribution < -0.4 is 0 Å². The van der Waals surface area contributed by atoms with Crippen molar-refractivity contribution in [3.05, 3.63) is 0 Å². The lowest BCUT2D eigenvalue weighted by atomic mass is 9.83. The molecule has 76 valence electrons. The summed E-state index contributed by atoms with van der Waals surface area (Å²) in [5.74, 6) is 0.957. The minimum atomic E-state index is 0.957. The van der Waals surface area contributed by atoms with Gasteiger partial charge in [-0.1, -0.05) is 15.9 Å². The van der Waals surface area contributed by atoms with Gasteiger partial charge < -0.3 is 4.48 Å². The summed E-state index contributed by atoms with van der Waals surface area (Å²) in [4.78, 5) is 0. The molecule has 2 aliphatic heterocycles. The molecule has 2 heterocycles. The van der Waals surface area contributed by atoms with E-state index in [0.29, 0.717) is 0 Å². The average molecular weight is 247 g/mol. The molecule has 0 bridgehead atoms. The molecule has 0 radical (unpaired) electrons. The molecule has 2 fully saturated rings. The van der Waals surface area contributed by atoms with Gasteiger partial charge in [0.1, 0.15) is 0 Å². The molecule has 0 aromatic carbocycles. The zero-order chi connectivity index (χ0) is 9.31. The Bertz CT molecular complexity index is 179. The number of quaternary nitrogens is 1. The Kier molecular flexibility index (Phi) is 2.99. The number of rotatable bonds is 1. The summed E-state index contributed by atoms with van der Waals surface area (Å²) in [6, 6.07) is 0.974. The molecule has 0 unspecified atom stereocenters. The second-order valence-corrected chi connectivity index (χ2v) is 5.69. The summed E-state index contributed by atoms with van der Waals surface area (Å²) >= 11 is 3.69. The van der Waals surface area contributed by atoms with Crippen LogP contribution in [0.5, 0.6) is 0 Å². The smallest absolute Gasteiger partial charge is 0.0924 e. The second kappa shape index (κ2) is 3.90. The molecule has 2 rings (SSSR count). The summed E-state index contributed by atoms with van der Waals surface area (Å²) in [6.07, 6.45) is 7.32. The molecule has 0 aromatic heterocycles. The van der Waals surface area contributed by atoms with Crippen molar-refractivity contribution in [2.24, 2.45) is 5.92 Å². The van der Waals surface area contributed by atoms with E-state index in [-0.39, 0.29) is 0 Å². The van der Waals surface area contributed by atoms with Crippen molar-refractivity contribution in [2.45, 2.75) is 38.1 Å². The van der Waals surface area contributed by atoms with E-state index in [1.54, 1.807) is 0 Å². The molecular weight excluding hydrogens is 226 g/mol. The van der Waals surface area contributed by atoms with Gasteiger partial charge in [-0.15, -0.1) is 0 Å². The maximum atomic E-state index is 3.69. The third-order valence-corrected chi connectivity index (χ3v) is 5.04. The normalized spacial score (nSPS) is 45.7. The molecule has 0 amide bonds. The highest BCUT2D eigenvalue weighted by Crippen LogP contribution is 2.36. The zero-order valence-electron chi connectivity index (χ0n) is 8.64. The highest BCUT2D eigenvalue weighted by Gasteiger charge is 2.42. The first-order chi connectivity index (χ1) is 6.26. The maximum absolute atomic E-state index is 3.69. The average Bonchev–Trinajstić information content (AvgIpc) is 2.15. The Balaban J connectivity index is 2.11. The van der Waals surface area contributed by atoms with Crippen LogP contribution in [0, 0.1) is 5.92 Å². The van der Waals surface area contributed by atoms with Crippen LogP contribution in [0.25, 0.3) is 0 Å². The van der Waals surface area contributed by atoms with Gasteiger partial charge in [-0.25, -0.2) is 0 Å². The van der Waals surface area contributed by atoms with E-state index in [2.05, 4.69) is 23.0 Å². The van der Waals surface area contributed by atoms with Crippen molar-refractivity contribution in [1.29, 1.82) is 0 Å². The lowest BCUT2D eigenvalue weighted by molar-refractivity contribution is -0.946. The third-order valence-electron chi connectivity index (χ3n) is 4.21. The Morgan fingerprint density at radius 1 is 1.15 bits per heavy atom. The van der Waals surface area contributed by atoms with E-state index in [9.17, 15) is 0 Å². The van der Waals surface area contributed by atoms with Gasteiger partial charge in [0, 0.05) is 11.2 Å². The van der Waals surface area contributed by atoms with E-state index in [4.69, 9.17) is 0 Å². The molecule has 1 nitrogen and oxygen atoms in total. The van der Waals surface area contributed by atoms with Crippen LogP contribution in [-0.4, -0.2) is 36.0 Å². The van der Waals surface area contributed by atoms with E-state index < -0.39 is 0 Å². The van der Waals surface area contributed by atoms with Crippen molar-refractivity contribution in [1.82, 2.24) is 0 Å². The number of nitrogens with zero attached hydrogens (tertiary/aromatic N) is 1. The molecule has 3 atom stereocenters. The van der Waals surface area contributed by atoms with Crippen LogP contribution in [0.2, 0.25) is 0 Å². The first kappa shape index (κ1) is 9.97. The van der Waals surface area contributed by atoms with Gasteiger partial charge in [0.05, 0.1) is 26.2 Å². The molecule has 2 saturated heterocycles. The van der Waals surface area contributed by atoms with Crippen LogP contribution in [0.4, 0.5) is 0 Å². The van der Waals surface area contributed by atoms with Crippen LogP contribution in [0.1, 0.15) is 32.1 Å². The Labute approximate surface area is 90.2 Å². The summed E-state index contributed by atoms with van der Waals surface area (Å²) in [6.45, 7) is 2.88. The standard InChI is InChI=1S/C11H21BrN/c1-13-7-3-2-6-11(13)10(9-12)5-4-8-13/h10-11H,2-9H2,1H3/q+1/t10-,11+,13+/m0/s1. The Hall–Kier alpha value is 0.440. The third kappa shape index (κ3) is 1.80. The first-order valence-electron chi connectivity index (χ1n) is 5.66. The van der Waals surface area contributed by atoms with Crippen molar-refractivity contribution in [3.8, 4) is 0 Å². The van der Waals surface area contributed by atoms with Gasteiger partial charge in [0.15, 0.2) is 0 Å². The first-order valence-corrected chi connectivity index (χ1v) is 6.78. The summed E-state index contributed by atoms with van der Waals surface area (Å²) in [7, 11) is 2.48. The Morgan fingerprint density at radius 3 is 2.69 bits per heavy atom. The predicted octanol–water partition coefficient (Wildman–Crippen LogP) is 2.79.